The molecule has 0 bridgehead atoms. The highest BCUT2D eigenvalue weighted by Gasteiger charge is 2.09. The van der Waals surface area contributed by atoms with E-state index in [1.807, 2.05) is 0 Å². The summed E-state index contributed by atoms with van der Waals surface area (Å²) in [6.45, 7) is 4.85. The lowest BCUT2D eigenvalue weighted by Crippen LogP contribution is -2.08. The first-order chi connectivity index (χ1) is 7.70. The van der Waals surface area contributed by atoms with E-state index in [9.17, 15) is 0 Å². The van der Waals surface area contributed by atoms with Crippen LogP contribution in [0.15, 0.2) is 29.6 Å². The third-order valence-corrected chi connectivity index (χ3v) is 3.59. The van der Waals surface area contributed by atoms with Gasteiger partial charge in [-0.1, -0.05) is 36.8 Å². The van der Waals surface area contributed by atoms with E-state index in [1.165, 1.54) is 11.1 Å². The fourth-order valence-corrected chi connectivity index (χ4v) is 2.41. The highest BCUT2D eigenvalue weighted by Crippen LogP contribution is 2.26. The Hall–Kier alpha value is -1.19. The lowest BCUT2D eigenvalue weighted by molar-refractivity contribution is 0.752. The van der Waals surface area contributed by atoms with Gasteiger partial charge in [-0.3, -0.25) is 0 Å². The number of rotatable bonds is 3. The van der Waals surface area contributed by atoms with Gasteiger partial charge in [0.2, 0.25) is 0 Å². The molecule has 2 aromatic rings. The predicted octanol–water partition coefficient (Wildman–Crippen LogP) is 3.18. The maximum atomic E-state index is 5.64. The third-order valence-electron chi connectivity index (χ3n) is 2.68. The van der Waals surface area contributed by atoms with Gasteiger partial charge in [0.15, 0.2) is 0 Å². The van der Waals surface area contributed by atoms with Crippen molar-refractivity contribution in [1.29, 1.82) is 0 Å². The molecule has 1 aromatic carbocycles. The van der Waals surface area contributed by atoms with Crippen LogP contribution in [0.1, 0.15) is 24.1 Å². The van der Waals surface area contributed by atoms with Crippen molar-refractivity contribution in [2.45, 2.75) is 19.8 Å². The Balaban J connectivity index is 2.28. The van der Waals surface area contributed by atoms with Crippen LogP contribution in [0.3, 0.4) is 0 Å². The lowest BCUT2D eigenvalue weighted by atomic mass is 10.1. The molecule has 0 amide bonds. The van der Waals surface area contributed by atoms with Crippen LogP contribution in [0.5, 0.6) is 0 Å². The number of aryl methyl sites for hydroxylation is 1. The van der Waals surface area contributed by atoms with Crippen LogP contribution in [-0.2, 0) is 0 Å². The van der Waals surface area contributed by atoms with E-state index >= 15 is 0 Å². The van der Waals surface area contributed by atoms with Crippen molar-refractivity contribution >= 4 is 11.3 Å². The zero-order valence-corrected chi connectivity index (χ0v) is 10.4. The van der Waals surface area contributed by atoms with Crippen LogP contribution in [0.2, 0.25) is 0 Å². The largest absolute Gasteiger partial charge is 0.330 e. The first kappa shape index (κ1) is 11.3. The molecule has 1 unspecified atom stereocenters. The molecule has 0 aliphatic rings. The number of aromatic nitrogens is 1. The van der Waals surface area contributed by atoms with Gasteiger partial charge in [0.25, 0.3) is 0 Å². The van der Waals surface area contributed by atoms with Crippen LogP contribution in [0.25, 0.3) is 10.6 Å². The summed E-state index contributed by atoms with van der Waals surface area (Å²) in [5.41, 5.74) is 9.20. The van der Waals surface area contributed by atoms with Gasteiger partial charge in [-0.05, 0) is 6.92 Å². The van der Waals surface area contributed by atoms with E-state index in [0.29, 0.717) is 12.5 Å². The second kappa shape index (κ2) is 4.76. The molecule has 2 N–H and O–H groups in total. The predicted molar refractivity (Wildman–Crippen MR) is 69.8 cm³/mol. The standard InChI is InChI=1S/C13H16N2S/c1-9-3-5-11(6-4-9)13-15-12(8-16-13)10(2)7-14/h3-6,8,10H,7,14H2,1-2H3. The molecule has 84 valence electrons. The molecule has 0 saturated carbocycles. The number of hydrogen-bond donors (Lipinski definition) is 1. The Morgan fingerprint density at radius 2 is 2.00 bits per heavy atom. The summed E-state index contributed by atoms with van der Waals surface area (Å²) < 4.78 is 0. The SMILES string of the molecule is Cc1ccc(-c2nc(C(C)CN)cs2)cc1. The Bertz CT molecular complexity index is 459. The molecule has 1 aromatic heterocycles. The minimum absolute atomic E-state index is 0.343. The van der Waals surface area contributed by atoms with Crippen LogP contribution in [-0.4, -0.2) is 11.5 Å². The van der Waals surface area contributed by atoms with Crippen molar-refractivity contribution in [3.63, 3.8) is 0 Å². The van der Waals surface area contributed by atoms with Crippen LogP contribution in [0, 0.1) is 6.92 Å². The summed E-state index contributed by atoms with van der Waals surface area (Å²) in [6.07, 6.45) is 0. The average molecular weight is 232 g/mol. The Labute approximate surface area is 100 Å². The van der Waals surface area contributed by atoms with Crippen molar-refractivity contribution in [1.82, 2.24) is 4.98 Å². The summed E-state index contributed by atoms with van der Waals surface area (Å²) >= 11 is 1.69. The molecule has 16 heavy (non-hydrogen) atoms. The zero-order valence-electron chi connectivity index (χ0n) is 9.60. The number of thiazole rings is 1. The Morgan fingerprint density at radius 3 is 2.62 bits per heavy atom. The molecular formula is C13H16N2S. The second-order valence-corrected chi connectivity index (χ2v) is 4.94. The van der Waals surface area contributed by atoms with E-state index in [0.717, 1.165) is 10.7 Å². The van der Waals surface area contributed by atoms with Crippen molar-refractivity contribution < 1.29 is 0 Å². The minimum atomic E-state index is 0.343. The van der Waals surface area contributed by atoms with Crippen LogP contribution < -0.4 is 5.73 Å². The van der Waals surface area contributed by atoms with Gasteiger partial charge in [0.05, 0.1) is 5.69 Å². The van der Waals surface area contributed by atoms with Gasteiger partial charge >= 0.3 is 0 Å². The van der Waals surface area contributed by atoms with E-state index in [1.54, 1.807) is 11.3 Å². The van der Waals surface area contributed by atoms with Gasteiger partial charge in [-0.15, -0.1) is 11.3 Å². The van der Waals surface area contributed by atoms with E-state index < -0.39 is 0 Å². The van der Waals surface area contributed by atoms with Crippen molar-refractivity contribution in [3.8, 4) is 10.6 Å². The first-order valence-electron chi connectivity index (χ1n) is 5.43. The molecule has 1 atom stereocenters. The fourth-order valence-electron chi connectivity index (χ4n) is 1.46. The van der Waals surface area contributed by atoms with Gasteiger partial charge in [0.1, 0.15) is 5.01 Å². The highest BCUT2D eigenvalue weighted by atomic mass is 32.1. The second-order valence-electron chi connectivity index (χ2n) is 4.08. The van der Waals surface area contributed by atoms with Gasteiger partial charge < -0.3 is 5.73 Å². The molecule has 3 heteroatoms. The summed E-state index contributed by atoms with van der Waals surface area (Å²) in [5, 5.41) is 3.18. The quantitative estimate of drug-likeness (QED) is 0.882. The Morgan fingerprint density at radius 1 is 1.31 bits per heavy atom. The number of benzene rings is 1. The van der Waals surface area contributed by atoms with E-state index in [-0.39, 0.29) is 0 Å². The van der Waals surface area contributed by atoms with Gasteiger partial charge in [-0.2, -0.15) is 0 Å². The van der Waals surface area contributed by atoms with Crippen LogP contribution >= 0.6 is 11.3 Å². The average Bonchev–Trinajstić information content (AvgIpc) is 2.78. The monoisotopic (exact) mass is 232 g/mol. The number of nitrogens with two attached hydrogens (primary N) is 1. The maximum absolute atomic E-state index is 5.64. The van der Waals surface area contributed by atoms with Gasteiger partial charge in [0, 0.05) is 23.4 Å². The van der Waals surface area contributed by atoms with Gasteiger partial charge in [-0.25, -0.2) is 4.98 Å². The summed E-state index contributed by atoms with van der Waals surface area (Å²) in [7, 11) is 0. The molecule has 1 heterocycles. The van der Waals surface area contributed by atoms with E-state index in [4.69, 9.17) is 5.73 Å². The smallest absolute Gasteiger partial charge is 0.123 e. The summed E-state index contributed by atoms with van der Waals surface area (Å²) in [6, 6.07) is 8.46. The molecule has 0 saturated heterocycles. The molecule has 2 rings (SSSR count). The topological polar surface area (TPSA) is 38.9 Å². The van der Waals surface area contributed by atoms with Crippen molar-refractivity contribution in [3.05, 3.63) is 40.9 Å². The molecule has 0 spiro atoms. The lowest BCUT2D eigenvalue weighted by Gasteiger charge is -2.02. The zero-order chi connectivity index (χ0) is 11.5. The summed E-state index contributed by atoms with van der Waals surface area (Å²) in [4.78, 5) is 4.62. The Kier molecular flexibility index (Phi) is 3.36. The minimum Gasteiger partial charge on any atom is -0.330 e. The molecule has 0 fully saturated rings. The first-order valence-corrected chi connectivity index (χ1v) is 6.31. The molecular weight excluding hydrogens is 216 g/mol. The fraction of sp³-hybridized carbons (Fsp3) is 0.308. The summed E-state index contributed by atoms with van der Waals surface area (Å²) in [5.74, 6) is 0.343. The van der Waals surface area contributed by atoms with Crippen molar-refractivity contribution in [2.75, 3.05) is 6.54 Å². The maximum Gasteiger partial charge on any atom is 0.123 e. The molecule has 0 aliphatic carbocycles. The number of nitrogens with zero attached hydrogens (tertiary/aromatic N) is 1. The highest BCUT2D eigenvalue weighted by molar-refractivity contribution is 7.13. The van der Waals surface area contributed by atoms with Crippen LogP contribution in [0.4, 0.5) is 0 Å². The third kappa shape index (κ3) is 2.31. The normalized spacial score (nSPS) is 12.7. The molecule has 0 radical (unpaired) electrons. The molecule has 2 nitrogen and oxygen atoms in total. The molecule has 0 aliphatic heterocycles. The van der Waals surface area contributed by atoms with E-state index in [2.05, 4.69) is 48.5 Å². The number of hydrogen-bond acceptors (Lipinski definition) is 3. The van der Waals surface area contributed by atoms with Crippen molar-refractivity contribution in [2.24, 2.45) is 5.73 Å².